The number of carbonyl (C=O) groups is 1. The van der Waals surface area contributed by atoms with Crippen LogP contribution in [0, 0.1) is 5.41 Å². The van der Waals surface area contributed by atoms with E-state index in [1.165, 1.54) is 0 Å². The van der Waals surface area contributed by atoms with Gasteiger partial charge in [-0.05, 0) is 49.7 Å². The summed E-state index contributed by atoms with van der Waals surface area (Å²) < 4.78 is 11.1. The van der Waals surface area contributed by atoms with Crippen molar-refractivity contribution in [3.63, 3.8) is 0 Å². The lowest BCUT2D eigenvalue weighted by Crippen LogP contribution is -2.49. The third-order valence-electron chi connectivity index (χ3n) is 4.74. The molecule has 0 aliphatic carbocycles. The van der Waals surface area contributed by atoms with Gasteiger partial charge in [0, 0.05) is 30.5 Å². The fraction of sp³-hybridized carbons (Fsp3) is 0.588. The van der Waals surface area contributed by atoms with Gasteiger partial charge in [0.25, 0.3) is 5.91 Å². The van der Waals surface area contributed by atoms with Crippen molar-refractivity contribution in [2.75, 3.05) is 33.4 Å². The average Bonchev–Trinajstić information content (AvgIpc) is 2.97. The number of amides is 1. The number of methoxy groups -OCH3 is 1. The number of nitrogens with one attached hydrogen (secondary N) is 2. The van der Waals surface area contributed by atoms with Crippen LogP contribution in [0.1, 0.15) is 18.4 Å². The maximum atomic E-state index is 12.5. The molecule has 134 valence electrons. The van der Waals surface area contributed by atoms with Gasteiger partial charge in [-0.3, -0.25) is 4.79 Å². The second-order valence-corrected chi connectivity index (χ2v) is 6.90. The summed E-state index contributed by atoms with van der Waals surface area (Å²) in [7, 11) is 1.71. The molecule has 1 atom stereocenters. The van der Waals surface area contributed by atoms with Gasteiger partial charge < -0.3 is 20.1 Å². The SMILES string of the molecule is COCC1(CNC(=O)C2Cc3cc(Cl)ccc3O2)CCNCC1.Cl. The monoisotopic (exact) mass is 374 g/mol. The van der Waals surface area contributed by atoms with Gasteiger partial charge in [-0.25, -0.2) is 0 Å². The Morgan fingerprint density at radius 1 is 1.46 bits per heavy atom. The number of piperidine rings is 1. The van der Waals surface area contributed by atoms with Gasteiger partial charge in [-0.15, -0.1) is 12.4 Å². The highest BCUT2D eigenvalue weighted by Crippen LogP contribution is 2.32. The molecule has 0 saturated carbocycles. The molecule has 2 aliphatic heterocycles. The number of hydrogen-bond acceptors (Lipinski definition) is 4. The summed E-state index contributed by atoms with van der Waals surface area (Å²) in [5, 5.41) is 7.09. The Bertz CT molecular complexity index is 571. The molecule has 0 aromatic heterocycles. The van der Waals surface area contributed by atoms with E-state index < -0.39 is 6.10 Å². The molecule has 2 aliphatic rings. The molecule has 0 radical (unpaired) electrons. The Morgan fingerprint density at radius 3 is 2.92 bits per heavy atom. The van der Waals surface area contributed by atoms with Gasteiger partial charge in [-0.2, -0.15) is 0 Å². The Labute approximate surface area is 153 Å². The van der Waals surface area contributed by atoms with E-state index >= 15 is 0 Å². The lowest BCUT2D eigenvalue weighted by molar-refractivity contribution is -0.128. The van der Waals surface area contributed by atoms with Crippen LogP contribution in [-0.4, -0.2) is 45.4 Å². The highest BCUT2D eigenvalue weighted by Gasteiger charge is 2.35. The lowest BCUT2D eigenvalue weighted by atomic mass is 9.79. The first kappa shape index (κ1) is 19.3. The smallest absolute Gasteiger partial charge is 0.261 e. The summed E-state index contributed by atoms with van der Waals surface area (Å²) in [6.07, 6.45) is 2.11. The van der Waals surface area contributed by atoms with Crippen LogP contribution in [0.15, 0.2) is 18.2 Å². The van der Waals surface area contributed by atoms with Crippen molar-refractivity contribution in [3.8, 4) is 5.75 Å². The normalized spacial score (nSPS) is 21.3. The van der Waals surface area contributed by atoms with Gasteiger partial charge in [0.15, 0.2) is 6.10 Å². The molecule has 0 bridgehead atoms. The number of hydrogen-bond donors (Lipinski definition) is 2. The van der Waals surface area contributed by atoms with E-state index in [2.05, 4.69) is 10.6 Å². The zero-order chi connectivity index (χ0) is 16.3. The Kier molecular flexibility index (Phi) is 6.75. The number of halogens is 2. The molecule has 1 saturated heterocycles. The molecular formula is C17H24Cl2N2O3. The van der Waals surface area contributed by atoms with Gasteiger partial charge in [0.2, 0.25) is 0 Å². The van der Waals surface area contributed by atoms with Crippen molar-refractivity contribution in [3.05, 3.63) is 28.8 Å². The minimum atomic E-state index is -0.468. The topological polar surface area (TPSA) is 59.6 Å². The molecule has 1 aromatic rings. The third-order valence-corrected chi connectivity index (χ3v) is 4.98. The number of rotatable bonds is 5. The minimum Gasteiger partial charge on any atom is -0.480 e. The largest absolute Gasteiger partial charge is 0.480 e. The van der Waals surface area contributed by atoms with Crippen LogP contribution in [0.5, 0.6) is 5.75 Å². The first-order valence-corrected chi connectivity index (χ1v) is 8.42. The second-order valence-electron chi connectivity index (χ2n) is 6.46. The zero-order valence-electron chi connectivity index (χ0n) is 13.8. The number of fused-ring (bicyclic) bond motifs is 1. The van der Waals surface area contributed by atoms with Gasteiger partial charge >= 0.3 is 0 Å². The van der Waals surface area contributed by atoms with E-state index in [0.29, 0.717) is 24.6 Å². The van der Waals surface area contributed by atoms with Gasteiger partial charge in [0.1, 0.15) is 5.75 Å². The molecule has 5 nitrogen and oxygen atoms in total. The molecule has 2 heterocycles. The van der Waals surface area contributed by atoms with E-state index in [1.54, 1.807) is 13.2 Å². The summed E-state index contributed by atoms with van der Waals surface area (Å²) in [5.41, 5.74) is 1.01. The van der Waals surface area contributed by atoms with Crippen LogP contribution >= 0.6 is 24.0 Å². The van der Waals surface area contributed by atoms with Crippen molar-refractivity contribution >= 4 is 29.9 Å². The molecule has 7 heteroatoms. The summed E-state index contributed by atoms with van der Waals surface area (Å²) >= 11 is 5.99. The predicted octanol–water partition coefficient (Wildman–Crippen LogP) is 2.20. The first-order valence-electron chi connectivity index (χ1n) is 8.04. The first-order chi connectivity index (χ1) is 11.1. The Balaban J connectivity index is 0.00000208. The van der Waals surface area contributed by atoms with Crippen molar-refractivity contribution in [1.29, 1.82) is 0 Å². The molecule has 1 amide bonds. The maximum Gasteiger partial charge on any atom is 0.261 e. The average molecular weight is 375 g/mol. The quantitative estimate of drug-likeness (QED) is 0.829. The van der Waals surface area contributed by atoms with Gasteiger partial charge in [-0.1, -0.05) is 11.6 Å². The third kappa shape index (κ3) is 4.33. The van der Waals surface area contributed by atoms with Crippen LogP contribution in [-0.2, 0) is 16.0 Å². The molecule has 1 fully saturated rings. The van der Waals surface area contributed by atoms with Crippen molar-refractivity contribution < 1.29 is 14.3 Å². The Morgan fingerprint density at radius 2 is 2.21 bits per heavy atom. The highest BCUT2D eigenvalue weighted by atomic mass is 35.5. The lowest BCUT2D eigenvalue weighted by Gasteiger charge is -2.37. The maximum absolute atomic E-state index is 12.5. The standard InChI is InChI=1S/C17H23ClN2O3.ClH/c1-22-11-17(4-6-19-7-5-17)10-20-16(21)15-9-12-8-13(18)2-3-14(12)23-15;/h2-3,8,15,19H,4-7,9-11H2,1H3,(H,20,21);1H. The van der Waals surface area contributed by atoms with Gasteiger partial charge in [0.05, 0.1) is 6.61 Å². The van der Waals surface area contributed by atoms with E-state index in [-0.39, 0.29) is 23.7 Å². The number of benzene rings is 1. The molecule has 24 heavy (non-hydrogen) atoms. The molecule has 0 spiro atoms. The highest BCUT2D eigenvalue weighted by molar-refractivity contribution is 6.30. The van der Waals surface area contributed by atoms with Crippen LogP contribution < -0.4 is 15.4 Å². The molecule has 1 aromatic carbocycles. The zero-order valence-corrected chi connectivity index (χ0v) is 15.3. The van der Waals surface area contributed by atoms with Crippen LogP contribution in [0.4, 0.5) is 0 Å². The minimum absolute atomic E-state index is 0. The van der Waals surface area contributed by atoms with E-state index in [1.807, 2.05) is 12.1 Å². The molecule has 3 rings (SSSR count). The second kappa shape index (κ2) is 8.39. The van der Waals surface area contributed by atoms with Crippen LogP contribution in [0.3, 0.4) is 0 Å². The summed E-state index contributed by atoms with van der Waals surface area (Å²) in [5.74, 6) is 0.689. The van der Waals surface area contributed by atoms with Crippen molar-refractivity contribution in [2.45, 2.75) is 25.4 Å². The van der Waals surface area contributed by atoms with E-state index in [9.17, 15) is 4.79 Å². The fourth-order valence-electron chi connectivity index (χ4n) is 3.39. The summed E-state index contributed by atoms with van der Waals surface area (Å²) in [6, 6.07) is 5.47. The Hall–Kier alpha value is -1.01. The predicted molar refractivity (Wildman–Crippen MR) is 96.2 cm³/mol. The van der Waals surface area contributed by atoms with Crippen molar-refractivity contribution in [2.24, 2.45) is 5.41 Å². The molecular weight excluding hydrogens is 351 g/mol. The van der Waals surface area contributed by atoms with Crippen molar-refractivity contribution in [1.82, 2.24) is 10.6 Å². The number of carbonyl (C=O) groups excluding carboxylic acids is 1. The van der Waals surface area contributed by atoms with Crippen LogP contribution in [0.25, 0.3) is 0 Å². The number of ether oxygens (including phenoxy) is 2. The van der Waals surface area contributed by atoms with E-state index in [4.69, 9.17) is 21.1 Å². The van der Waals surface area contributed by atoms with E-state index in [0.717, 1.165) is 37.2 Å². The molecule has 1 unspecified atom stereocenters. The fourth-order valence-corrected chi connectivity index (χ4v) is 3.58. The summed E-state index contributed by atoms with van der Waals surface area (Å²) in [6.45, 7) is 3.21. The molecule has 2 N–H and O–H groups in total. The van der Waals surface area contributed by atoms with Crippen LogP contribution in [0.2, 0.25) is 5.02 Å². The summed E-state index contributed by atoms with van der Waals surface area (Å²) in [4.78, 5) is 12.5.